The Morgan fingerprint density at radius 3 is 2.45 bits per heavy atom. The highest BCUT2D eigenvalue weighted by molar-refractivity contribution is 5.85. The highest BCUT2D eigenvalue weighted by Gasteiger charge is 2.42. The molecule has 178 valence electrons. The molecule has 8 heteroatoms. The van der Waals surface area contributed by atoms with E-state index in [-0.39, 0.29) is 42.1 Å². The summed E-state index contributed by atoms with van der Waals surface area (Å²) in [4.78, 5) is 18.0. The number of cyclic esters (lactones) is 1. The minimum Gasteiger partial charge on any atom is -0.448 e. The van der Waals surface area contributed by atoms with Gasteiger partial charge in [-0.2, -0.15) is 0 Å². The lowest BCUT2D eigenvalue weighted by molar-refractivity contribution is 0.157. The van der Waals surface area contributed by atoms with E-state index in [9.17, 15) is 13.6 Å². The second kappa shape index (κ2) is 10.3. The number of piperidine rings is 1. The lowest BCUT2D eigenvalue weighted by Crippen LogP contribution is -2.45. The molecule has 0 spiro atoms. The van der Waals surface area contributed by atoms with E-state index in [1.54, 1.807) is 11.0 Å². The quantitative estimate of drug-likeness (QED) is 0.506. The summed E-state index contributed by atoms with van der Waals surface area (Å²) in [6.45, 7) is 4.88. The molecule has 0 unspecified atom stereocenters. The first-order valence-electron chi connectivity index (χ1n) is 11.6. The molecule has 5 nitrogen and oxygen atoms in total. The molecule has 0 N–H and O–H groups in total. The summed E-state index contributed by atoms with van der Waals surface area (Å²) in [6, 6.07) is 11.9. The fourth-order valence-electron chi connectivity index (χ4n) is 5.42. The average Bonchev–Trinajstić information content (AvgIpc) is 3.34. The normalized spacial score (nSPS) is 22.1. The summed E-state index contributed by atoms with van der Waals surface area (Å²) in [5.74, 6) is -0.222. The van der Waals surface area contributed by atoms with Crippen LogP contribution >= 0.6 is 12.4 Å². The van der Waals surface area contributed by atoms with Crippen molar-refractivity contribution < 1.29 is 18.3 Å². The van der Waals surface area contributed by atoms with Crippen molar-refractivity contribution in [3.05, 3.63) is 59.7 Å². The average molecular weight is 478 g/mol. The third-order valence-corrected chi connectivity index (χ3v) is 6.99. The number of halogens is 3. The summed E-state index contributed by atoms with van der Waals surface area (Å²) >= 11 is 0. The molecule has 0 aromatic heterocycles. The second-order valence-corrected chi connectivity index (χ2v) is 8.97. The molecule has 0 bridgehead atoms. The first-order chi connectivity index (χ1) is 15.6. The Bertz CT molecular complexity index is 975. The van der Waals surface area contributed by atoms with Crippen LogP contribution < -0.4 is 4.90 Å². The van der Waals surface area contributed by atoms with Gasteiger partial charge in [0.1, 0.15) is 18.2 Å². The molecule has 5 rings (SSSR count). The Balaban J connectivity index is 0.00000259. The molecule has 2 aromatic rings. The number of likely N-dealkylation sites (tertiary alicyclic amines) is 1. The van der Waals surface area contributed by atoms with Gasteiger partial charge in [0.2, 0.25) is 0 Å². The summed E-state index contributed by atoms with van der Waals surface area (Å²) in [6.07, 6.45) is 3.93. The number of anilines is 2. The highest BCUT2D eigenvalue weighted by Crippen LogP contribution is 2.48. The van der Waals surface area contributed by atoms with E-state index < -0.39 is 0 Å². The minimum absolute atomic E-state index is 0. The maximum Gasteiger partial charge on any atom is 0.409 e. The molecule has 2 atom stereocenters. The standard InChI is InChI=1S/C25H29F2N3O2.ClH/c26-18-4-7-20(8-5-18)30-23-9-6-19(27)16-21(23)22-17-28(13-10-24(22)30)11-2-1-3-12-29-14-15-32-25(29)31;/h4-9,16,22,24H,1-3,10-15,17H2;1H/t22-,24+;/m0./s1. The van der Waals surface area contributed by atoms with Crippen LogP contribution in [0.15, 0.2) is 42.5 Å². The smallest absolute Gasteiger partial charge is 0.409 e. The van der Waals surface area contributed by atoms with Crippen LogP contribution in [-0.2, 0) is 4.74 Å². The van der Waals surface area contributed by atoms with Gasteiger partial charge < -0.3 is 19.4 Å². The summed E-state index contributed by atoms with van der Waals surface area (Å²) in [5, 5.41) is 0. The molecule has 33 heavy (non-hydrogen) atoms. The topological polar surface area (TPSA) is 36.0 Å². The van der Waals surface area contributed by atoms with Crippen LogP contribution in [0.4, 0.5) is 25.0 Å². The lowest BCUT2D eigenvalue weighted by Gasteiger charge is -2.39. The van der Waals surface area contributed by atoms with Crippen LogP contribution in [0.2, 0.25) is 0 Å². The second-order valence-electron chi connectivity index (χ2n) is 8.97. The van der Waals surface area contributed by atoms with Crippen molar-refractivity contribution in [3.8, 4) is 0 Å². The van der Waals surface area contributed by atoms with E-state index >= 15 is 0 Å². The molecule has 0 saturated carbocycles. The van der Waals surface area contributed by atoms with Crippen LogP contribution in [0.1, 0.15) is 37.2 Å². The molecule has 2 saturated heterocycles. The van der Waals surface area contributed by atoms with Crippen molar-refractivity contribution in [1.29, 1.82) is 0 Å². The number of rotatable bonds is 7. The molecular weight excluding hydrogens is 448 g/mol. The number of benzene rings is 2. The predicted molar refractivity (Wildman–Crippen MR) is 127 cm³/mol. The van der Waals surface area contributed by atoms with Crippen LogP contribution in [0.3, 0.4) is 0 Å². The molecule has 3 aliphatic heterocycles. The molecule has 2 fully saturated rings. The molecule has 3 aliphatic rings. The van der Waals surface area contributed by atoms with Crippen molar-refractivity contribution >= 4 is 29.9 Å². The molecule has 2 aromatic carbocycles. The molecular formula is C25H30ClF2N3O2. The van der Waals surface area contributed by atoms with E-state index in [1.807, 2.05) is 18.2 Å². The Hall–Kier alpha value is -2.38. The van der Waals surface area contributed by atoms with Crippen molar-refractivity contribution in [2.45, 2.75) is 37.6 Å². The first-order valence-corrected chi connectivity index (χ1v) is 11.6. The van der Waals surface area contributed by atoms with Gasteiger partial charge in [0.25, 0.3) is 0 Å². The Morgan fingerprint density at radius 2 is 1.70 bits per heavy atom. The van der Waals surface area contributed by atoms with Gasteiger partial charge in [-0.3, -0.25) is 0 Å². The Morgan fingerprint density at radius 1 is 0.939 bits per heavy atom. The van der Waals surface area contributed by atoms with Gasteiger partial charge in [-0.25, -0.2) is 13.6 Å². The number of unbranched alkanes of at least 4 members (excludes halogenated alkanes) is 2. The Labute approximate surface area is 199 Å². The van der Waals surface area contributed by atoms with E-state index in [0.717, 1.165) is 68.8 Å². The van der Waals surface area contributed by atoms with E-state index in [0.29, 0.717) is 13.2 Å². The van der Waals surface area contributed by atoms with Gasteiger partial charge in [0.15, 0.2) is 0 Å². The Kier molecular flexibility index (Phi) is 7.39. The number of nitrogens with zero attached hydrogens (tertiary/aromatic N) is 3. The zero-order chi connectivity index (χ0) is 22.1. The zero-order valence-electron chi connectivity index (χ0n) is 18.6. The van der Waals surface area contributed by atoms with Crippen molar-refractivity contribution in [2.24, 2.45) is 0 Å². The molecule has 0 aliphatic carbocycles. The maximum absolute atomic E-state index is 14.1. The summed E-state index contributed by atoms with van der Waals surface area (Å²) < 4.78 is 32.6. The maximum atomic E-state index is 14.1. The van der Waals surface area contributed by atoms with Crippen molar-refractivity contribution in [1.82, 2.24) is 9.80 Å². The number of hydrogen-bond donors (Lipinski definition) is 0. The fraction of sp³-hybridized carbons (Fsp3) is 0.480. The van der Waals surface area contributed by atoms with E-state index in [1.165, 1.54) is 18.2 Å². The monoisotopic (exact) mass is 477 g/mol. The number of carbonyl (C=O) groups is 1. The number of amides is 1. The van der Waals surface area contributed by atoms with Gasteiger partial charge in [0, 0.05) is 43.0 Å². The summed E-state index contributed by atoms with van der Waals surface area (Å²) in [5.41, 5.74) is 3.05. The third-order valence-electron chi connectivity index (χ3n) is 6.99. The fourth-order valence-corrected chi connectivity index (χ4v) is 5.42. The van der Waals surface area contributed by atoms with E-state index in [2.05, 4.69) is 9.80 Å². The zero-order valence-corrected chi connectivity index (χ0v) is 19.4. The largest absolute Gasteiger partial charge is 0.448 e. The summed E-state index contributed by atoms with van der Waals surface area (Å²) in [7, 11) is 0. The minimum atomic E-state index is -0.250. The van der Waals surface area contributed by atoms with Crippen molar-refractivity contribution in [2.75, 3.05) is 44.2 Å². The SMILES string of the molecule is Cl.O=C1OCCN1CCCCCN1CC[C@@H]2[C@@H](C1)c1cc(F)ccc1N2c1ccc(F)cc1. The van der Waals surface area contributed by atoms with Gasteiger partial charge in [-0.1, -0.05) is 6.42 Å². The number of ether oxygens (including phenoxy) is 1. The lowest BCUT2D eigenvalue weighted by atomic mass is 9.89. The number of fused-ring (bicyclic) bond motifs is 3. The third kappa shape index (κ3) is 4.94. The van der Waals surface area contributed by atoms with Gasteiger partial charge >= 0.3 is 6.09 Å². The molecule has 1 amide bonds. The van der Waals surface area contributed by atoms with Gasteiger partial charge in [-0.05, 0) is 73.8 Å². The van der Waals surface area contributed by atoms with Crippen molar-refractivity contribution in [3.63, 3.8) is 0 Å². The molecule has 3 heterocycles. The van der Waals surface area contributed by atoms with Gasteiger partial charge in [0.05, 0.1) is 6.54 Å². The van der Waals surface area contributed by atoms with Crippen LogP contribution in [-0.4, -0.2) is 61.3 Å². The van der Waals surface area contributed by atoms with Crippen LogP contribution in [0.25, 0.3) is 0 Å². The van der Waals surface area contributed by atoms with Crippen LogP contribution in [0, 0.1) is 11.6 Å². The van der Waals surface area contributed by atoms with Crippen LogP contribution in [0.5, 0.6) is 0 Å². The first kappa shape index (κ1) is 23.8. The molecule has 0 radical (unpaired) electrons. The number of hydrogen-bond acceptors (Lipinski definition) is 4. The highest BCUT2D eigenvalue weighted by atomic mass is 35.5. The number of carbonyl (C=O) groups excluding carboxylic acids is 1. The predicted octanol–water partition coefficient (Wildman–Crippen LogP) is 5.32. The van der Waals surface area contributed by atoms with E-state index in [4.69, 9.17) is 4.74 Å². The van der Waals surface area contributed by atoms with Gasteiger partial charge in [-0.15, -0.1) is 12.4 Å².